The van der Waals surface area contributed by atoms with E-state index in [0.29, 0.717) is 12.8 Å². The topological polar surface area (TPSA) is 243 Å². The third-order valence-corrected chi connectivity index (χ3v) is 8.37. The maximum absolute atomic E-state index is 13.8. The second-order valence-electron chi connectivity index (χ2n) is 12.0. The van der Waals surface area contributed by atoms with E-state index in [1.165, 1.54) is 59.5 Å². The van der Waals surface area contributed by atoms with E-state index in [4.69, 9.17) is 9.47 Å². The number of aromatic hydroxyl groups is 6. The van der Waals surface area contributed by atoms with E-state index in [0.717, 1.165) is 0 Å². The van der Waals surface area contributed by atoms with Crippen molar-refractivity contribution < 1.29 is 54.5 Å². The fraction of sp³-hybridized carbons (Fsp3) is 0.343. The molecule has 4 atom stereocenters. The third kappa shape index (κ3) is 8.01. The maximum atomic E-state index is 13.8. The molecule has 2 aliphatic heterocycles. The van der Waals surface area contributed by atoms with Crippen molar-refractivity contribution in [1.29, 1.82) is 0 Å². The third-order valence-electron chi connectivity index (χ3n) is 8.37. The van der Waals surface area contributed by atoms with Gasteiger partial charge in [-0.15, -0.1) is 0 Å². The molecule has 2 aliphatic rings. The molecule has 0 radical (unpaired) electrons. The van der Waals surface area contributed by atoms with Crippen molar-refractivity contribution in [3.63, 3.8) is 0 Å². The lowest BCUT2D eigenvalue weighted by Crippen LogP contribution is -2.44. The zero-order valence-corrected chi connectivity index (χ0v) is 27.8. The van der Waals surface area contributed by atoms with Crippen molar-refractivity contribution in [2.24, 2.45) is 9.98 Å². The van der Waals surface area contributed by atoms with E-state index in [1.54, 1.807) is 13.8 Å². The molecule has 5 rings (SSSR count). The smallest absolute Gasteiger partial charge is 0.255 e. The molecule has 270 valence electrons. The minimum atomic E-state index is -0.992. The number of phenolic OH excluding ortho intramolecular Hbond substituents is 6. The summed E-state index contributed by atoms with van der Waals surface area (Å²) in [5.74, 6) is -4.00. The molecule has 3 aromatic carbocycles. The highest BCUT2D eigenvalue weighted by molar-refractivity contribution is 6.02. The van der Waals surface area contributed by atoms with Crippen molar-refractivity contribution in [2.75, 3.05) is 26.2 Å². The van der Waals surface area contributed by atoms with Gasteiger partial charge in [-0.25, -0.2) is 9.98 Å². The van der Waals surface area contributed by atoms with E-state index >= 15 is 0 Å². The summed E-state index contributed by atoms with van der Waals surface area (Å²) in [5.41, 5.74) is 0.167. The largest absolute Gasteiger partial charge is 0.504 e. The number of benzene rings is 3. The summed E-state index contributed by atoms with van der Waals surface area (Å²) in [6, 6.07) is 10.7. The Morgan fingerprint density at radius 1 is 0.667 bits per heavy atom. The fourth-order valence-corrected chi connectivity index (χ4v) is 5.59. The van der Waals surface area contributed by atoms with Crippen LogP contribution >= 0.6 is 0 Å². The van der Waals surface area contributed by atoms with Crippen molar-refractivity contribution in [1.82, 2.24) is 15.5 Å². The van der Waals surface area contributed by atoms with Crippen LogP contribution in [0, 0.1) is 0 Å². The Morgan fingerprint density at radius 3 is 1.71 bits per heavy atom. The molecule has 0 saturated heterocycles. The molecule has 8 N–H and O–H groups in total. The zero-order valence-electron chi connectivity index (χ0n) is 27.8. The summed E-state index contributed by atoms with van der Waals surface area (Å²) >= 11 is 0. The minimum absolute atomic E-state index is 0.00786. The van der Waals surface area contributed by atoms with Gasteiger partial charge < -0.3 is 55.6 Å². The van der Waals surface area contributed by atoms with Crippen LogP contribution in [0.25, 0.3) is 0 Å². The van der Waals surface area contributed by atoms with Gasteiger partial charge in [0.2, 0.25) is 17.7 Å². The summed E-state index contributed by atoms with van der Waals surface area (Å²) in [5, 5.41) is 65.4. The van der Waals surface area contributed by atoms with Gasteiger partial charge in [0.25, 0.3) is 11.8 Å². The number of ether oxygens (including phenoxy) is 2. The van der Waals surface area contributed by atoms with E-state index in [1.807, 2.05) is 0 Å². The molecule has 0 aromatic heterocycles. The molecule has 0 saturated carbocycles. The van der Waals surface area contributed by atoms with Gasteiger partial charge in [0, 0.05) is 26.2 Å². The van der Waals surface area contributed by atoms with Gasteiger partial charge in [0.1, 0.15) is 12.2 Å². The lowest BCUT2D eigenvalue weighted by molar-refractivity contribution is -0.134. The van der Waals surface area contributed by atoms with Crippen molar-refractivity contribution in [3.05, 3.63) is 71.3 Å². The first kappa shape index (κ1) is 36.1. The number of phenols is 6. The Balaban J connectivity index is 1.22. The highest BCUT2D eigenvalue weighted by Crippen LogP contribution is 2.33. The molecule has 16 nitrogen and oxygen atoms in total. The molecule has 3 amide bonds. The highest BCUT2D eigenvalue weighted by Gasteiger charge is 2.38. The van der Waals surface area contributed by atoms with Gasteiger partial charge in [0.15, 0.2) is 46.6 Å². The molecular formula is C35H39N5O11. The number of hydrogen-bond acceptors (Lipinski definition) is 13. The number of carbonyl (C=O) groups excluding carboxylic acids is 3. The first-order valence-electron chi connectivity index (χ1n) is 16.2. The van der Waals surface area contributed by atoms with Crippen molar-refractivity contribution in [2.45, 2.75) is 51.0 Å². The van der Waals surface area contributed by atoms with Gasteiger partial charge in [-0.1, -0.05) is 18.2 Å². The molecule has 2 unspecified atom stereocenters. The average Bonchev–Trinajstić information content (AvgIpc) is 3.69. The number of carbonyl (C=O) groups is 3. The van der Waals surface area contributed by atoms with Crippen LogP contribution in [0.2, 0.25) is 0 Å². The zero-order chi connectivity index (χ0) is 36.8. The first-order chi connectivity index (χ1) is 24.4. The summed E-state index contributed by atoms with van der Waals surface area (Å²) in [4.78, 5) is 49.7. The fourth-order valence-electron chi connectivity index (χ4n) is 5.59. The molecule has 0 aliphatic carbocycles. The summed E-state index contributed by atoms with van der Waals surface area (Å²) in [7, 11) is 0. The number of aliphatic imine (C=N–C) groups is 2. The standard InChI is InChI=1S/C35H39N5O11/c1-18-26(38-33(50-18)21-9-4-12-24(42)29(21)45)32(48)37-15-7-17-40(16-6-14-36-31(47)20-8-3-11-23(41)28(20)44)35(49)27-19(2)51-34(39-27)22-10-5-13-25(43)30(22)46/h3-5,8-13,18-19,26-27,41-46H,6-7,14-17H2,1-2H3,(H,36,47)(H,37,48)/t18?,19-,26+,27?/m1/s1. The predicted molar refractivity (Wildman–Crippen MR) is 182 cm³/mol. The van der Waals surface area contributed by atoms with Gasteiger partial charge in [-0.2, -0.15) is 0 Å². The van der Waals surface area contributed by atoms with E-state index in [2.05, 4.69) is 20.6 Å². The van der Waals surface area contributed by atoms with Crippen LogP contribution in [0.3, 0.4) is 0 Å². The molecule has 0 bridgehead atoms. The molecule has 0 fully saturated rings. The van der Waals surface area contributed by atoms with Gasteiger partial charge in [0.05, 0.1) is 16.7 Å². The quantitative estimate of drug-likeness (QED) is 0.0942. The minimum Gasteiger partial charge on any atom is -0.504 e. The number of amides is 3. The van der Waals surface area contributed by atoms with Crippen LogP contribution in [-0.4, -0.2) is 116 Å². The average molecular weight is 706 g/mol. The molecule has 51 heavy (non-hydrogen) atoms. The Morgan fingerprint density at radius 2 is 1.14 bits per heavy atom. The Kier molecular flexibility index (Phi) is 11.0. The number of para-hydroxylation sites is 3. The van der Waals surface area contributed by atoms with Crippen molar-refractivity contribution >= 4 is 29.5 Å². The van der Waals surface area contributed by atoms with E-state index in [-0.39, 0.29) is 66.2 Å². The Hall–Kier alpha value is -6.19. The monoisotopic (exact) mass is 705 g/mol. The second-order valence-corrected chi connectivity index (χ2v) is 12.0. The molecule has 0 spiro atoms. The Bertz CT molecular complexity index is 1860. The van der Waals surface area contributed by atoms with Crippen LogP contribution < -0.4 is 10.6 Å². The van der Waals surface area contributed by atoms with E-state index < -0.39 is 65.0 Å². The summed E-state index contributed by atoms with van der Waals surface area (Å²) < 4.78 is 11.5. The lowest BCUT2D eigenvalue weighted by Gasteiger charge is -2.26. The number of rotatable bonds is 13. The Labute approximate surface area is 292 Å². The molecule has 16 heteroatoms. The first-order valence-corrected chi connectivity index (χ1v) is 16.2. The molecular weight excluding hydrogens is 666 g/mol. The lowest BCUT2D eigenvalue weighted by atomic mass is 10.1. The molecule has 3 aromatic rings. The highest BCUT2D eigenvalue weighted by atomic mass is 16.5. The van der Waals surface area contributed by atoms with Crippen molar-refractivity contribution in [3.8, 4) is 34.5 Å². The number of nitrogens with one attached hydrogen (secondary N) is 2. The summed E-state index contributed by atoms with van der Waals surface area (Å²) in [6.07, 6.45) is -0.755. The number of hydrogen-bond donors (Lipinski definition) is 8. The van der Waals surface area contributed by atoms with E-state index in [9.17, 15) is 45.0 Å². The molecule has 2 heterocycles. The second kappa shape index (κ2) is 15.6. The maximum Gasteiger partial charge on any atom is 0.255 e. The predicted octanol–water partition coefficient (Wildman–Crippen LogP) is 1.84. The van der Waals surface area contributed by atoms with Gasteiger partial charge in [-0.05, 0) is 63.1 Å². The normalized spacial score (nSPS) is 19.3. The SMILES string of the molecule is CC1OC(c2cccc(O)c2O)=N[C@@H]1C(=O)NCCCN(CCCNC(=O)c1cccc(O)c1O)C(=O)C1N=C(c2cccc(O)c2O)O[C@@H]1C. The summed E-state index contributed by atoms with van der Waals surface area (Å²) in [6.45, 7) is 3.91. The van der Waals surface area contributed by atoms with Gasteiger partial charge in [-0.3, -0.25) is 14.4 Å². The van der Waals surface area contributed by atoms with Crippen LogP contribution in [0.4, 0.5) is 0 Å². The van der Waals surface area contributed by atoms with Crippen LogP contribution in [0.5, 0.6) is 34.5 Å². The van der Waals surface area contributed by atoms with Crippen LogP contribution in [-0.2, 0) is 19.1 Å². The van der Waals surface area contributed by atoms with Gasteiger partial charge >= 0.3 is 0 Å². The number of nitrogens with zero attached hydrogens (tertiary/aromatic N) is 3. The van der Waals surface area contributed by atoms with Crippen LogP contribution in [0.15, 0.2) is 64.6 Å². The van der Waals surface area contributed by atoms with Crippen LogP contribution in [0.1, 0.15) is 48.2 Å².